The number of hydrogen-bond donors (Lipinski definition) is 3. The van der Waals surface area contributed by atoms with Crippen molar-refractivity contribution in [1.29, 1.82) is 0 Å². The third kappa shape index (κ3) is 36.1. The molecule has 0 aliphatic carbocycles. The van der Waals surface area contributed by atoms with E-state index in [9.17, 15) is 0 Å². The van der Waals surface area contributed by atoms with Crippen LogP contribution in [0.4, 0.5) is 0 Å². The van der Waals surface area contributed by atoms with E-state index in [2.05, 4.69) is 12.6 Å². The van der Waals surface area contributed by atoms with Gasteiger partial charge in [0, 0.05) is 0 Å². The van der Waals surface area contributed by atoms with Gasteiger partial charge in [0.25, 0.3) is 0 Å². The first-order chi connectivity index (χ1) is 4.18. The maximum Gasteiger partial charge on any atom is 0.329 e. The highest BCUT2D eigenvalue weighted by atomic mass is 32.1. The lowest BCUT2D eigenvalue weighted by Gasteiger charge is -1.72. The average Bonchev–Trinajstić information content (AvgIpc) is 1.89. The van der Waals surface area contributed by atoms with Gasteiger partial charge in [0.15, 0.2) is 0 Å². The summed E-state index contributed by atoms with van der Waals surface area (Å²) in [5.41, 5.74) is 0. The summed E-state index contributed by atoms with van der Waals surface area (Å²) in [4.78, 5) is 9.12. The van der Waals surface area contributed by atoms with Crippen molar-refractivity contribution in [2.45, 2.75) is 6.92 Å². The highest BCUT2D eigenvalue weighted by Gasteiger charge is 1.82. The van der Waals surface area contributed by atoms with Crippen LogP contribution in [0.3, 0.4) is 0 Å². The molecule has 0 aromatic carbocycles. The molecule has 4 heteroatoms. The Morgan fingerprint density at radius 2 is 2.00 bits per heavy atom. The van der Waals surface area contributed by atoms with Crippen molar-refractivity contribution < 1.29 is 15.0 Å². The second-order valence-corrected chi connectivity index (χ2v) is 1.33. The molecule has 2 N–H and O–H groups in total. The van der Waals surface area contributed by atoms with Crippen LogP contribution in [-0.2, 0) is 4.79 Å². The Hall–Kier alpha value is -0.480. The van der Waals surface area contributed by atoms with Gasteiger partial charge in [-0.15, -0.1) is 0 Å². The molecule has 3 nitrogen and oxygen atoms in total. The van der Waals surface area contributed by atoms with E-state index in [0.29, 0.717) is 0 Å². The molecule has 0 unspecified atom stereocenters. The van der Waals surface area contributed by atoms with Gasteiger partial charge in [-0.3, -0.25) is 0 Å². The first-order valence-electron chi connectivity index (χ1n) is 2.27. The van der Waals surface area contributed by atoms with Crippen LogP contribution >= 0.6 is 12.6 Å². The summed E-state index contributed by atoms with van der Waals surface area (Å²) >= 11 is 3.74. The van der Waals surface area contributed by atoms with Crippen LogP contribution in [0.1, 0.15) is 6.92 Å². The molecule has 0 aromatic rings. The van der Waals surface area contributed by atoms with Crippen LogP contribution in [0.2, 0.25) is 0 Å². The Morgan fingerprint density at radius 3 is 2.00 bits per heavy atom. The largest absolute Gasteiger partial charge is 0.480 e. The second-order valence-electron chi connectivity index (χ2n) is 1.03. The quantitative estimate of drug-likeness (QED) is 0.477. The molecular formula is C5H10O3S. The summed E-state index contributed by atoms with van der Waals surface area (Å²) < 4.78 is 0. The van der Waals surface area contributed by atoms with E-state index < -0.39 is 12.6 Å². The Kier molecular flexibility index (Phi) is 13.2. The first kappa shape index (κ1) is 11.3. The molecule has 0 heterocycles. The van der Waals surface area contributed by atoms with Gasteiger partial charge in [-0.25, -0.2) is 4.79 Å². The van der Waals surface area contributed by atoms with E-state index in [0.717, 1.165) is 0 Å². The molecule has 0 amide bonds. The number of aliphatic hydroxyl groups is 1. The van der Waals surface area contributed by atoms with E-state index in [4.69, 9.17) is 15.0 Å². The van der Waals surface area contributed by atoms with E-state index in [1.165, 1.54) is 0 Å². The lowest BCUT2D eigenvalue weighted by Crippen LogP contribution is -1.98. The normalized spacial score (nSPS) is 8.33. The maximum absolute atomic E-state index is 9.12. The molecule has 0 rings (SSSR count). The Bertz CT molecular complexity index is 86.2. The average molecular weight is 150 g/mol. The molecule has 0 aliphatic rings. The van der Waals surface area contributed by atoms with E-state index in [1.807, 2.05) is 13.0 Å². The number of carboxylic acids is 1. The monoisotopic (exact) mass is 150 g/mol. The lowest BCUT2D eigenvalue weighted by atomic mass is 10.8. The lowest BCUT2D eigenvalue weighted by molar-refractivity contribution is -0.140. The number of thiol groups is 1. The summed E-state index contributed by atoms with van der Waals surface area (Å²) in [5.74, 6) is -1.19. The summed E-state index contributed by atoms with van der Waals surface area (Å²) in [7, 11) is 0. The first-order valence-corrected chi connectivity index (χ1v) is 2.78. The fourth-order valence-electron chi connectivity index (χ4n) is 0. The molecule has 0 saturated heterocycles. The second kappa shape index (κ2) is 10.5. The van der Waals surface area contributed by atoms with Gasteiger partial charge in [0.2, 0.25) is 0 Å². The van der Waals surface area contributed by atoms with Gasteiger partial charge in [0.05, 0.1) is 0 Å². The molecular weight excluding hydrogens is 140 g/mol. The standard InChI is InChI=1S/C3H6S.C2H4O3/c1-2-3-4;3-1-2(4)5/h2-4H,1H3;3H,1H2,(H,4,5). The topological polar surface area (TPSA) is 57.5 Å². The minimum Gasteiger partial charge on any atom is -0.480 e. The van der Waals surface area contributed by atoms with Gasteiger partial charge in [-0.05, 0) is 12.3 Å². The number of hydrogen-bond acceptors (Lipinski definition) is 3. The summed E-state index contributed by atoms with van der Waals surface area (Å²) in [6.45, 7) is 1.15. The molecule has 0 atom stereocenters. The van der Waals surface area contributed by atoms with E-state index in [-0.39, 0.29) is 0 Å². The Balaban J connectivity index is 0. The predicted octanol–water partition coefficient (Wildman–Crippen LogP) is 0.513. The molecule has 54 valence electrons. The Morgan fingerprint density at radius 1 is 1.78 bits per heavy atom. The van der Waals surface area contributed by atoms with Crippen molar-refractivity contribution in [3.05, 3.63) is 11.5 Å². The summed E-state index contributed by atoms with van der Waals surface area (Å²) in [6, 6.07) is 0. The highest BCUT2D eigenvalue weighted by Crippen LogP contribution is 1.69. The summed E-state index contributed by atoms with van der Waals surface area (Å²) in [6.07, 6.45) is 1.86. The molecule has 0 radical (unpaired) electrons. The molecule has 0 aromatic heterocycles. The van der Waals surface area contributed by atoms with Crippen molar-refractivity contribution in [1.82, 2.24) is 0 Å². The van der Waals surface area contributed by atoms with Crippen LogP contribution < -0.4 is 0 Å². The minimum atomic E-state index is -1.19. The van der Waals surface area contributed by atoms with Crippen molar-refractivity contribution in [2.24, 2.45) is 0 Å². The van der Waals surface area contributed by atoms with Crippen LogP contribution in [0.25, 0.3) is 0 Å². The number of carboxylic acid groups (broad SMARTS) is 1. The number of carbonyl (C=O) groups is 1. The third-order valence-electron chi connectivity index (χ3n) is 0.284. The smallest absolute Gasteiger partial charge is 0.329 e. The molecule has 9 heavy (non-hydrogen) atoms. The van der Waals surface area contributed by atoms with Gasteiger partial charge in [-0.2, -0.15) is 12.6 Å². The summed E-state index contributed by atoms with van der Waals surface area (Å²) in [5, 5.41) is 16.7. The van der Waals surface area contributed by atoms with Crippen LogP contribution in [-0.4, -0.2) is 22.8 Å². The molecule has 0 aliphatic heterocycles. The Labute approximate surface area is 59.4 Å². The fourth-order valence-corrected chi connectivity index (χ4v) is 0. The van der Waals surface area contributed by atoms with Gasteiger partial charge >= 0.3 is 5.97 Å². The van der Waals surface area contributed by atoms with Crippen LogP contribution in [0.5, 0.6) is 0 Å². The maximum atomic E-state index is 9.12. The van der Waals surface area contributed by atoms with Crippen LogP contribution in [0, 0.1) is 0 Å². The number of aliphatic hydroxyl groups excluding tert-OH is 1. The molecule has 0 bridgehead atoms. The third-order valence-corrected chi connectivity index (χ3v) is 0.582. The zero-order chi connectivity index (χ0) is 7.70. The highest BCUT2D eigenvalue weighted by molar-refractivity contribution is 7.83. The van der Waals surface area contributed by atoms with Crippen LogP contribution in [0.15, 0.2) is 11.5 Å². The zero-order valence-corrected chi connectivity index (χ0v) is 6.01. The van der Waals surface area contributed by atoms with Crippen molar-refractivity contribution in [3.8, 4) is 0 Å². The van der Waals surface area contributed by atoms with Crippen molar-refractivity contribution in [3.63, 3.8) is 0 Å². The minimum absolute atomic E-state index is 0.778. The van der Waals surface area contributed by atoms with Gasteiger partial charge < -0.3 is 10.2 Å². The van der Waals surface area contributed by atoms with E-state index in [1.54, 1.807) is 5.41 Å². The number of allylic oxidation sites excluding steroid dienone is 1. The molecule has 0 saturated carbocycles. The zero-order valence-electron chi connectivity index (χ0n) is 5.11. The van der Waals surface area contributed by atoms with E-state index >= 15 is 0 Å². The predicted molar refractivity (Wildman–Crippen MR) is 38.5 cm³/mol. The van der Waals surface area contributed by atoms with Gasteiger partial charge in [-0.1, -0.05) is 6.08 Å². The SMILES string of the molecule is CC=CS.O=C(O)CO. The number of aliphatic carboxylic acids is 1. The number of rotatable bonds is 1. The fraction of sp³-hybridized carbons (Fsp3) is 0.400. The molecule has 0 spiro atoms. The molecule has 0 fully saturated rings. The van der Waals surface area contributed by atoms with Crippen molar-refractivity contribution >= 4 is 18.6 Å². The van der Waals surface area contributed by atoms with Gasteiger partial charge in [0.1, 0.15) is 6.61 Å². The van der Waals surface area contributed by atoms with Crippen molar-refractivity contribution in [2.75, 3.05) is 6.61 Å².